The highest BCUT2D eigenvalue weighted by Gasteiger charge is 2.23. The first kappa shape index (κ1) is 8.75. The van der Waals surface area contributed by atoms with Crippen molar-refractivity contribution in [1.82, 2.24) is 0 Å². The second kappa shape index (κ2) is 3.88. The maximum Gasteiger partial charge on any atom is 0.0197 e. The van der Waals surface area contributed by atoms with Crippen LogP contribution in [0.3, 0.4) is 0 Å². The van der Waals surface area contributed by atoms with Crippen LogP contribution in [0.15, 0.2) is 12.2 Å². The summed E-state index contributed by atoms with van der Waals surface area (Å²) in [6.45, 7) is 2.87. The monoisotopic (exact) mass is 154 g/mol. The predicted molar refractivity (Wildman–Crippen MR) is 48.1 cm³/mol. The number of hydrogen-bond acceptors (Lipinski definition) is 2. The molecule has 0 heterocycles. The molecule has 0 fully saturated rings. The van der Waals surface area contributed by atoms with Crippen LogP contribution in [-0.4, -0.2) is 12.6 Å². The van der Waals surface area contributed by atoms with Crippen LogP contribution in [0, 0.1) is 11.8 Å². The molecule has 3 unspecified atom stereocenters. The van der Waals surface area contributed by atoms with Crippen molar-refractivity contribution in [2.45, 2.75) is 25.8 Å². The Balaban J connectivity index is 2.49. The lowest BCUT2D eigenvalue weighted by molar-refractivity contribution is 0.295. The fourth-order valence-electron chi connectivity index (χ4n) is 1.74. The number of nitrogens with two attached hydrogens (primary N) is 2. The van der Waals surface area contributed by atoms with Crippen LogP contribution in [0.5, 0.6) is 0 Å². The second-order valence-corrected chi connectivity index (χ2v) is 3.48. The van der Waals surface area contributed by atoms with Gasteiger partial charge in [0.1, 0.15) is 0 Å². The van der Waals surface area contributed by atoms with E-state index in [0.29, 0.717) is 18.4 Å². The van der Waals surface area contributed by atoms with Gasteiger partial charge in [0.05, 0.1) is 0 Å². The normalized spacial score (nSPS) is 33.7. The molecule has 0 saturated heterocycles. The van der Waals surface area contributed by atoms with E-state index in [-0.39, 0.29) is 6.04 Å². The van der Waals surface area contributed by atoms with Crippen LogP contribution in [0.25, 0.3) is 0 Å². The van der Waals surface area contributed by atoms with Crippen molar-refractivity contribution in [2.24, 2.45) is 23.3 Å². The van der Waals surface area contributed by atoms with Crippen molar-refractivity contribution in [1.29, 1.82) is 0 Å². The summed E-state index contributed by atoms with van der Waals surface area (Å²) in [6, 6.07) is 0.190. The fourth-order valence-corrected chi connectivity index (χ4v) is 1.74. The highest BCUT2D eigenvalue weighted by molar-refractivity contribution is 4.96. The van der Waals surface area contributed by atoms with E-state index < -0.39 is 0 Å². The van der Waals surface area contributed by atoms with Gasteiger partial charge >= 0.3 is 0 Å². The van der Waals surface area contributed by atoms with Gasteiger partial charge in [-0.25, -0.2) is 0 Å². The van der Waals surface area contributed by atoms with Crippen molar-refractivity contribution in [2.75, 3.05) is 6.54 Å². The molecule has 0 bridgehead atoms. The number of hydrogen-bond donors (Lipinski definition) is 2. The van der Waals surface area contributed by atoms with Gasteiger partial charge in [0.25, 0.3) is 0 Å². The zero-order valence-corrected chi connectivity index (χ0v) is 7.16. The van der Waals surface area contributed by atoms with E-state index in [1.54, 1.807) is 0 Å². The van der Waals surface area contributed by atoms with Gasteiger partial charge in [-0.05, 0) is 24.7 Å². The van der Waals surface area contributed by atoms with Crippen molar-refractivity contribution >= 4 is 0 Å². The van der Waals surface area contributed by atoms with E-state index in [2.05, 4.69) is 19.1 Å². The average Bonchev–Trinajstić information content (AvgIpc) is 2.04. The zero-order chi connectivity index (χ0) is 8.27. The highest BCUT2D eigenvalue weighted by atomic mass is 14.7. The SMILES string of the molecule is CC1CC=CCC1C(N)CN. The largest absolute Gasteiger partial charge is 0.329 e. The van der Waals surface area contributed by atoms with Gasteiger partial charge in [0.2, 0.25) is 0 Å². The van der Waals surface area contributed by atoms with Gasteiger partial charge in [0, 0.05) is 12.6 Å². The van der Waals surface area contributed by atoms with Crippen molar-refractivity contribution < 1.29 is 0 Å². The lowest BCUT2D eigenvalue weighted by Crippen LogP contribution is -2.40. The Hall–Kier alpha value is -0.340. The quantitative estimate of drug-likeness (QED) is 0.580. The highest BCUT2D eigenvalue weighted by Crippen LogP contribution is 2.26. The molecule has 4 N–H and O–H groups in total. The standard InChI is InChI=1S/C9H18N2/c1-7-4-2-3-5-8(7)9(11)6-10/h2-3,7-9H,4-6,10-11H2,1H3. The molecule has 0 aromatic carbocycles. The molecular weight excluding hydrogens is 136 g/mol. The Morgan fingerprint density at radius 1 is 1.45 bits per heavy atom. The van der Waals surface area contributed by atoms with Crippen molar-refractivity contribution in [3.63, 3.8) is 0 Å². The molecule has 3 atom stereocenters. The number of rotatable bonds is 2. The van der Waals surface area contributed by atoms with Crippen LogP contribution < -0.4 is 11.5 Å². The first-order valence-corrected chi connectivity index (χ1v) is 4.36. The summed E-state index contributed by atoms with van der Waals surface area (Å²) in [5, 5.41) is 0. The van der Waals surface area contributed by atoms with Gasteiger partial charge in [-0.1, -0.05) is 19.1 Å². The summed E-state index contributed by atoms with van der Waals surface area (Å²) in [6.07, 6.45) is 6.74. The van der Waals surface area contributed by atoms with E-state index in [9.17, 15) is 0 Å². The summed E-state index contributed by atoms with van der Waals surface area (Å²) in [4.78, 5) is 0. The third-order valence-corrected chi connectivity index (χ3v) is 2.64. The molecule has 1 aliphatic rings. The van der Waals surface area contributed by atoms with Gasteiger partial charge in [0.15, 0.2) is 0 Å². The molecule has 2 nitrogen and oxygen atoms in total. The van der Waals surface area contributed by atoms with Gasteiger partial charge in [-0.2, -0.15) is 0 Å². The zero-order valence-electron chi connectivity index (χ0n) is 7.16. The van der Waals surface area contributed by atoms with E-state index in [1.165, 1.54) is 6.42 Å². The van der Waals surface area contributed by atoms with E-state index in [0.717, 1.165) is 6.42 Å². The van der Waals surface area contributed by atoms with E-state index in [1.807, 2.05) is 0 Å². The predicted octanol–water partition coefficient (Wildman–Crippen LogP) is 0.875. The molecule has 64 valence electrons. The first-order chi connectivity index (χ1) is 5.25. The van der Waals surface area contributed by atoms with Crippen LogP contribution in [0.1, 0.15) is 19.8 Å². The molecule has 1 aliphatic carbocycles. The fraction of sp³-hybridized carbons (Fsp3) is 0.778. The Kier molecular flexibility index (Phi) is 3.09. The third kappa shape index (κ3) is 2.04. The molecule has 0 radical (unpaired) electrons. The maximum absolute atomic E-state index is 5.88. The molecule has 11 heavy (non-hydrogen) atoms. The summed E-state index contributed by atoms with van der Waals surface area (Å²) in [7, 11) is 0. The van der Waals surface area contributed by atoms with Gasteiger partial charge in [-0.3, -0.25) is 0 Å². The minimum absolute atomic E-state index is 0.190. The molecule has 2 heteroatoms. The second-order valence-electron chi connectivity index (χ2n) is 3.48. The van der Waals surface area contributed by atoms with Crippen LogP contribution in [0.4, 0.5) is 0 Å². The summed E-state index contributed by atoms with van der Waals surface area (Å²) < 4.78 is 0. The topological polar surface area (TPSA) is 52.0 Å². The molecule has 0 aliphatic heterocycles. The summed E-state index contributed by atoms with van der Waals surface area (Å²) in [5.41, 5.74) is 11.4. The molecule has 0 aromatic heterocycles. The maximum atomic E-state index is 5.88. The smallest absolute Gasteiger partial charge is 0.0197 e. The molecular formula is C9H18N2. The third-order valence-electron chi connectivity index (χ3n) is 2.64. The Bertz CT molecular complexity index is 142. The van der Waals surface area contributed by atoms with Gasteiger partial charge in [-0.15, -0.1) is 0 Å². The molecule has 0 spiro atoms. The molecule has 1 rings (SSSR count). The lowest BCUT2D eigenvalue weighted by atomic mass is 9.80. The van der Waals surface area contributed by atoms with E-state index >= 15 is 0 Å². The molecule has 0 amide bonds. The average molecular weight is 154 g/mol. The Morgan fingerprint density at radius 3 is 2.64 bits per heavy atom. The Morgan fingerprint density at radius 2 is 2.09 bits per heavy atom. The number of allylic oxidation sites excluding steroid dienone is 2. The summed E-state index contributed by atoms with van der Waals surface area (Å²) >= 11 is 0. The van der Waals surface area contributed by atoms with Gasteiger partial charge < -0.3 is 11.5 Å². The minimum Gasteiger partial charge on any atom is -0.329 e. The van der Waals surface area contributed by atoms with Crippen LogP contribution in [0.2, 0.25) is 0 Å². The van der Waals surface area contributed by atoms with Crippen molar-refractivity contribution in [3.8, 4) is 0 Å². The Labute approximate surface area is 68.6 Å². The van der Waals surface area contributed by atoms with E-state index in [4.69, 9.17) is 11.5 Å². The summed E-state index contributed by atoms with van der Waals surface area (Å²) in [5.74, 6) is 1.31. The van der Waals surface area contributed by atoms with Crippen LogP contribution in [-0.2, 0) is 0 Å². The molecule has 0 saturated carbocycles. The minimum atomic E-state index is 0.190. The molecule has 0 aromatic rings. The first-order valence-electron chi connectivity index (χ1n) is 4.36. The van der Waals surface area contributed by atoms with Crippen molar-refractivity contribution in [3.05, 3.63) is 12.2 Å². The van der Waals surface area contributed by atoms with Crippen LogP contribution >= 0.6 is 0 Å². The lowest BCUT2D eigenvalue weighted by Gasteiger charge is -2.29.